The number of fused-ring (bicyclic) bond motifs is 2. The Morgan fingerprint density at radius 1 is 1.13 bits per heavy atom. The monoisotopic (exact) mass is 434 g/mol. The number of hydrogen-bond donors (Lipinski definition) is 2. The highest BCUT2D eigenvalue weighted by atomic mass is 35.5. The van der Waals surface area contributed by atoms with Gasteiger partial charge in [0, 0.05) is 41.1 Å². The Morgan fingerprint density at radius 2 is 1.97 bits per heavy atom. The summed E-state index contributed by atoms with van der Waals surface area (Å²) in [7, 11) is 0. The van der Waals surface area contributed by atoms with Crippen LogP contribution in [0.1, 0.15) is 29.9 Å². The van der Waals surface area contributed by atoms with Crippen LogP contribution in [-0.4, -0.2) is 40.8 Å². The lowest BCUT2D eigenvalue weighted by Crippen LogP contribution is -2.44. The van der Waals surface area contributed by atoms with Crippen LogP contribution in [0.2, 0.25) is 5.02 Å². The van der Waals surface area contributed by atoms with Crippen molar-refractivity contribution in [1.29, 1.82) is 0 Å². The summed E-state index contributed by atoms with van der Waals surface area (Å²) in [5.74, 6) is -0.554. The van der Waals surface area contributed by atoms with Crippen LogP contribution in [0.5, 0.6) is 0 Å². The van der Waals surface area contributed by atoms with Crippen molar-refractivity contribution in [3.8, 4) is 0 Å². The van der Waals surface area contributed by atoms with E-state index < -0.39 is 5.92 Å². The molecule has 2 amide bonds. The maximum absolute atomic E-state index is 13.4. The predicted molar refractivity (Wildman–Crippen MR) is 121 cm³/mol. The van der Waals surface area contributed by atoms with E-state index in [9.17, 15) is 9.59 Å². The molecule has 5 rings (SSSR count). The number of carbonyl (C=O) groups is 2. The molecule has 1 atom stereocenters. The lowest BCUT2D eigenvalue weighted by atomic mass is 9.89. The van der Waals surface area contributed by atoms with E-state index in [1.165, 1.54) is 0 Å². The Labute approximate surface area is 185 Å². The van der Waals surface area contributed by atoms with Gasteiger partial charge in [-0.1, -0.05) is 41.9 Å². The van der Waals surface area contributed by atoms with E-state index in [2.05, 4.69) is 15.6 Å². The first-order valence-corrected chi connectivity index (χ1v) is 10.9. The molecular weight excluding hydrogens is 412 g/mol. The fourth-order valence-corrected chi connectivity index (χ4v) is 4.36. The number of rotatable bonds is 5. The molecule has 1 unspecified atom stereocenters. The van der Waals surface area contributed by atoms with Crippen LogP contribution in [-0.2, 0) is 16.1 Å². The Hall–Kier alpha value is -2.96. The van der Waals surface area contributed by atoms with E-state index in [0.717, 1.165) is 34.7 Å². The van der Waals surface area contributed by atoms with Crippen molar-refractivity contribution in [2.24, 2.45) is 0 Å². The number of aromatic nitrogens is 1. The highest BCUT2D eigenvalue weighted by molar-refractivity contribution is 6.30. The number of pyridine rings is 1. The number of carbonyl (C=O) groups excluding carboxylic acids is 2. The van der Waals surface area contributed by atoms with Crippen molar-refractivity contribution < 1.29 is 9.59 Å². The minimum atomic E-state index is -0.435. The number of benzene rings is 2. The summed E-state index contributed by atoms with van der Waals surface area (Å²) in [5.41, 5.74) is 2.61. The van der Waals surface area contributed by atoms with Gasteiger partial charge in [-0.15, -0.1) is 0 Å². The van der Waals surface area contributed by atoms with Gasteiger partial charge < -0.3 is 10.6 Å². The lowest BCUT2D eigenvalue weighted by molar-refractivity contribution is -0.124. The third-order valence-electron chi connectivity index (χ3n) is 5.87. The molecule has 2 aromatic carbocycles. The molecule has 7 heteroatoms. The molecule has 2 heterocycles. The molecule has 1 saturated carbocycles. The molecule has 0 bridgehead atoms. The average molecular weight is 435 g/mol. The molecule has 1 fully saturated rings. The Bertz CT molecular complexity index is 1160. The van der Waals surface area contributed by atoms with E-state index in [1.54, 1.807) is 12.4 Å². The first-order valence-electron chi connectivity index (χ1n) is 10.5. The van der Waals surface area contributed by atoms with Crippen LogP contribution >= 0.6 is 11.6 Å². The zero-order valence-electron chi connectivity index (χ0n) is 17.0. The van der Waals surface area contributed by atoms with Gasteiger partial charge in [0.25, 0.3) is 0 Å². The van der Waals surface area contributed by atoms with Crippen molar-refractivity contribution in [3.63, 3.8) is 0 Å². The third kappa shape index (κ3) is 4.40. The summed E-state index contributed by atoms with van der Waals surface area (Å²) in [4.78, 5) is 32.0. The van der Waals surface area contributed by atoms with E-state index in [4.69, 9.17) is 11.6 Å². The molecule has 1 aliphatic heterocycles. The summed E-state index contributed by atoms with van der Waals surface area (Å²) in [6.07, 6.45) is 5.55. The van der Waals surface area contributed by atoms with Gasteiger partial charge in [0.15, 0.2) is 0 Å². The molecule has 0 spiro atoms. The highest BCUT2D eigenvalue weighted by Gasteiger charge is 2.32. The van der Waals surface area contributed by atoms with Gasteiger partial charge in [0.05, 0.1) is 24.3 Å². The van der Waals surface area contributed by atoms with Crippen LogP contribution in [0.4, 0.5) is 5.69 Å². The van der Waals surface area contributed by atoms with Gasteiger partial charge >= 0.3 is 0 Å². The Morgan fingerprint density at radius 3 is 2.81 bits per heavy atom. The second-order valence-electron chi connectivity index (χ2n) is 8.30. The number of nitrogens with zero attached hydrogens (tertiary/aromatic N) is 2. The smallest absolute Gasteiger partial charge is 0.234 e. The number of nitrogens with one attached hydrogen (secondary N) is 2. The van der Waals surface area contributed by atoms with Gasteiger partial charge in [0.1, 0.15) is 0 Å². The molecule has 1 aromatic heterocycles. The van der Waals surface area contributed by atoms with Crippen LogP contribution in [0.3, 0.4) is 0 Å². The zero-order valence-corrected chi connectivity index (χ0v) is 17.7. The molecule has 0 saturated heterocycles. The Balaban J connectivity index is 1.40. The molecule has 0 radical (unpaired) electrons. The van der Waals surface area contributed by atoms with Crippen molar-refractivity contribution in [3.05, 3.63) is 71.0 Å². The van der Waals surface area contributed by atoms with Gasteiger partial charge in [0.2, 0.25) is 11.8 Å². The number of hydrogen-bond acceptors (Lipinski definition) is 4. The second kappa shape index (κ2) is 8.29. The van der Waals surface area contributed by atoms with Gasteiger partial charge in [-0.25, -0.2) is 0 Å². The predicted octanol–water partition coefficient (Wildman–Crippen LogP) is 3.70. The first-order chi connectivity index (χ1) is 15.1. The average Bonchev–Trinajstić information content (AvgIpc) is 3.57. The van der Waals surface area contributed by atoms with E-state index in [0.29, 0.717) is 29.8 Å². The minimum Gasteiger partial charge on any atom is -0.352 e. The van der Waals surface area contributed by atoms with Gasteiger partial charge in [-0.2, -0.15) is 0 Å². The van der Waals surface area contributed by atoms with Crippen molar-refractivity contribution in [2.45, 2.75) is 31.3 Å². The van der Waals surface area contributed by atoms with Crippen LogP contribution < -0.4 is 10.6 Å². The molecule has 2 aliphatic rings. The lowest BCUT2D eigenvalue weighted by Gasteiger charge is -2.33. The first kappa shape index (κ1) is 20.0. The summed E-state index contributed by atoms with van der Waals surface area (Å²) in [5, 5.41) is 8.59. The van der Waals surface area contributed by atoms with Crippen molar-refractivity contribution in [2.75, 3.05) is 18.4 Å². The molecule has 158 valence electrons. The Kier molecular flexibility index (Phi) is 5.34. The number of amides is 2. The summed E-state index contributed by atoms with van der Waals surface area (Å²) in [6.45, 7) is 1.35. The van der Waals surface area contributed by atoms with Gasteiger partial charge in [-0.05, 0) is 36.1 Å². The molecule has 1 aliphatic carbocycles. The van der Waals surface area contributed by atoms with Crippen LogP contribution in [0, 0.1) is 0 Å². The van der Waals surface area contributed by atoms with E-state index in [-0.39, 0.29) is 18.4 Å². The maximum Gasteiger partial charge on any atom is 0.234 e. The standard InChI is InChI=1S/C24H23ClN4O2/c25-17-6-5-16-12-29(14-23(30)27-18-7-8-18)13-21(20(16)9-17)24(31)28-22-11-26-10-15-3-1-2-4-19(15)22/h1-6,9-11,18,21H,7-8,12-14H2,(H,27,30)(H,28,31). The molecule has 3 aromatic rings. The van der Waals surface area contributed by atoms with Crippen LogP contribution in [0.25, 0.3) is 10.8 Å². The molecule has 2 N–H and O–H groups in total. The van der Waals surface area contributed by atoms with Gasteiger partial charge in [-0.3, -0.25) is 19.5 Å². The SMILES string of the molecule is O=C(CN1Cc2ccc(Cl)cc2C(C(=O)Nc2cncc3ccccc23)C1)NC1CC1. The summed E-state index contributed by atoms with van der Waals surface area (Å²) < 4.78 is 0. The van der Waals surface area contributed by atoms with E-state index >= 15 is 0 Å². The molecule has 31 heavy (non-hydrogen) atoms. The minimum absolute atomic E-state index is 0.0114. The third-order valence-corrected chi connectivity index (χ3v) is 6.11. The highest BCUT2D eigenvalue weighted by Crippen LogP contribution is 2.32. The topological polar surface area (TPSA) is 74.3 Å². The zero-order chi connectivity index (χ0) is 21.4. The van der Waals surface area contributed by atoms with Crippen molar-refractivity contribution in [1.82, 2.24) is 15.2 Å². The molecular formula is C24H23ClN4O2. The fraction of sp³-hybridized carbons (Fsp3) is 0.292. The second-order valence-corrected chi connectivity index (χ2v) is 8.74. The number of halogens is 1. The maximum atomic E-state index is 13.4. The van der Waals surface area contributed by atoms with Crippen molar-refractivity contribution >= 4 is 39.9 Å². The van der Waals surface area contributed by atoms with Crippen LogP contribution in [0.15, 0.2) is 54.9 Å². The normalized spacial score (nSPS) is 18.4. The largest absolute Gasteiger partial charge is 0.352 e. The summed E-state index contributed by atoms with van der Waals surface area (Å²) in [6, 6.07) is 13.8. The fourth-order valence-electron chi connectivity index (χ4n) is 4.18. The quantitative estimate of drug-likeness (QED) is 0.642. The summed E-state index contributed by atoms with van der Waals surface area (Å²) >= 11 is 6.25. The van der Waals surface area contributed by atoms with E-state index in [1.807, 2.05) is 47.4 Å². The number of anilines is 1. The molecule has 6 nitrogen and oxygen atoms in total.